The lowest BCUT2D eigenvalue weighted by molar-refractivity contribution is 0.0776. The Morgan fingerprint density at radius 2 is 1.88 bits per heavy atom. The molecule has 1 saturated heterocycles. The van der Waals surface area contributed by atoms with Gasteiger partial charge in [-0.1, -0.05) is 0 Å². The quantitative estimate of drug-likeness (QED) is 0.921. The molecular formula is C18H28N4O2. The summed E-state index contributed by atoms with van der Waals surface area (Å²) in [5.74, 6) is 2.57. The number of nitrogens with one attached hydrogen (secondary N) is 1. The zero-order valence-electron chi connectivity index (χ0n) is 15.1. The molecule has 3 rings (SSSR count). The van der Waals surface area contributed by atoms with Crippen LogP contribution in [0.4, 0.5) is 10.6 Å². The van der Waals surface area contributed by atoms with Crippen molar-refractivity contribution in [1.82, 2.24) is 15.3 Å². The van der Waals surface area contributed by atoms with E-state index in [-0.39, 0.29) is 17.7 Å². The van der Waals surface area contributed by atoms with Crippen molar-refractivity contribution in [1.29, 1.82) is 0 Å². The Morgan fingerprint density at radius 3 is 2.46 bits per heavy atom. The van der Waals surface area contributed by atoms with Gasteiger partial charge in [0.1, 0.15) is 17.7 Å². The standard InChI is InChI=1S/C18H28N4O2/c1-12-11-15(20-16(19-12)13-5-6-13)22-9-7-14(8-10-22)24-17(23)21-18(2,3)4/h11,13-14H,5-10H2,1-4H3,(H,21,23). The predicted molar refractivity (Wildman–Crippen MR) is 93.3 cm³/mol. The van der Waals surface area contributed by atoms with Crippen LogP contribution < -0.4 is 10.2 Å². The van der Waals surface area contributed by atoms with Gasteiger partial charge in [0, 0.05) is 49.1 Å². The minimum atomic E-state index is -0.324. The number of alkyl carbamates (subject to hydrolysis) is 1. The first kappa shape index (κ1) is 17.0. The third-order valence-electron chi connectivity index (χ3n) is 4.32. The van der Waals surface area contributed by atoms with Crippen LogP contribution in [0, 0.1) is 6.92 Å². The molecule has 6 heteroatoms. The Morgan fingerprint density at radius 1 is 1.21 bits per heavy atom. The SMILES string of the molecule is Cc1cc(N2CCC(OC(=O)NC(C)(C)C)CC2)nc(C2CC2)n1. The summed E-state index contributed by atoms with van der Waals surface area (Å²) >= 11 is 0. The smallest absolute Gasteiger partial charge is 0.407 e. The maximum atomic E-state index is 11.9. The van der Waals surface area contributed by atoms with E-state index in [2.05, 4.69) is 21.3 Å². The maximum Gasteiger partial charge on any atom is 0.407 e. The molecule has 1 N–H and O–H groups in total. The number of nitrogens with zero attached hydrogens (tertiary/aromatic N) is 3. The number of rotatable bonds is 3. The van der Waals surface area contributed by atoms with Crippen molar-refractivity contribution < 1.29 is 9.53 Å². The molecule has 1 aliphatic carbocycles. The van der Waals surface area contributed by atoms with E-state index >= 15 is 0 Å². The second-order valence-corrected chi connectivity index (χ2v) is 7.97. The molecule has 1 aliphatic heterocycles. The van der Waals surface area contributed by atoms with Gasteiger partial charge in [0.2, 0.25) is 0 Å². The van der Waals surface area contributed by atoms with Gasteiger partial charge in [0.15, 0.2) is 0 Å². The van der Waals surface area contributed by atoms with E-state index in [4.69, 9.17) is 9.72 Å². The van der Waals surface area contributed by atoms with Crippen molar-refractivity contribution >= 4 is 11.9 Å². The van der Waals surface area contributed by atoms with Crippen LogP contribution in [-0.2, 0) is 4.74 Å². The Kier molecular flexibility index (Phi) is 4.65. The third kappa shape index (κ3) is 4.58. The number of carbonyl (C=O) groups is 1. The molecule has 132 valence electrons. The number of aromatic nitrogens is 2. The monoisotopic (exact) mass is 332 g/mol. The molecule has 0 bridgehead atoms. The molecule has 24 heavy (non-hydrogen) atoms. The van der Waals surface area contributed by atoms with Crippen LogP contribution in [0.25, 0.3) is 0 Å². The lowest BCUT2D eigenvalue weighted by Gasteiger charge is -2.33. The topological polar surface area (TPSA) is 67.3 Å². The summed E-state index contributed by atoms with van der Waals surface area (Å²) in [4.78, 5) is 23.5. The molecule has 2 heterocycles. The summed E-state index contributed by atoms with van der Waals surface area (Å²) in [5, 5.41) is 2.85. The van der Waals surface area contributed by atoms with E-state index in [0.29, 0.717) is 5.92 Å². The van der Waals surface area contributed by atoms with Crippen LogP contribution in [0.1, 0.15) is 63.9 Å². The number of hydrogen-bond donors (Lipinski definition) is 1. The molecule has 1 aromatic rings. The highest BCUT2D eigenvalue weighted by Gasteiger charge is 2.29. The van der Waals surface area contributed by atoms with E-state index in [1.165, 1.54) is 12.8 Å². The van der Waals surface area contributed by atoms with Crippen molar-refractivity contribution in [3.63, 3.8) is 0 Å². The maximum absolute atomic E-state index is 11.9. The first-order valence-corrected chi connectivity index (χ1v) is 8.89. The first-order chi connectivity index (χ1) is 11.3. The van der Waals surface area contributed by atoms with E-state index in [1.54, 1.807) is 0 Å². The van der Waals surface area contributed by atoms with Gasteiger partial charge in [0.05, 0.1) is 0 Å². The second kappa shape index (κ2) is 6.57. The number of hydrogen-bond acceptors (Lipinski definition) is 5. The minimum absolute atomic E-state index is 0.0190. The summed E-state index contributed by atoms with van der Waals surface area (Å²) in [6, 6.07) is 2.05. The number of ether oxygens (including phenoxy) is 1. The van der Waals surface area contributed by atoms with Crippen LogP contribution >= 0.6 is 0 Å². The van der Waals surface area contributed by atoms with Crippen LogP contribution in [0.2, 0.25) is 0 Å². The summed E-state index contributed by atoms with van der Waals surface area (Å²) in [7, 11) is 0. The Hall–Kier alpha value is -1.85. The Labute approximate surface area is 144 Å². The molecule has 6 nitrogen and oxygen atoms in total. The van der Waals surface area contributed by atoms with Crippen LogP contribution in [0.5, 0.6) is 0 Å². The van der Waals surface area contributed by atoms with E-state index in [0.717, 1.165) is 43.3 Å². The van der Waals surface area contributed by atoms with Crippen LogP contribution in [0.15, 0.2) is 6.07 Å². The summed E-state index contributed by atoms with van der Waals surface area (Å²) in [5.41, 5.74) is 0.764. The van der Waals surface area contributed by atoms with Crippen molar-refractivity contribution in [2.24, 2.45) is 0 Å². The van der Waals surface area contributed by atoms with E-state index < -0.39 is 0 Å². The molecule has 0 atom stereocenters. The van der Waals surface area contributed by atoms with E-state index in [9.17, 15) is 4.79 Å². The first-order valence-electron chi connectivity index (χ1n) is 8.89. The van der Waals surface area contributed by atoms with Crippen molar-refractivity contribution in [3.8, 4) is 0 Å². The fraction of sp³-hybridized carbons (Fsp3) is 0.722. The van der Waals surface area contributed by atoms with Crippen molar-refractivity contribution in [2.75, 3.05) is 18.0 Å². The summed E-state index contributed by atoms with van der Waals surface area (Å²) in [6.07, 6.45) is 3.74. The second-order valence-electron chi connectivity index (χ2n) is 7.97. The molecular weight excluding hydrogens is 304 g/mol. The molecule has 0 spiro atoms. The highest BCUT2D eigenvalue weighted by Crippen LogP contribution is 2.38. The van der Waals surface area contributed by atoms with E-state index in [1.807, 2.05) is 27.7 Å². The predicted octanol–water partition coefficient (Wildman–Crippen LogP) is 3.16. The number of aryl methyl sites for hydroxylation is 1. The summed E-state index contributed by atoms with van der Waals surface area (Å²) < 4.78 is 5.54. The Bertz CT molecular complexity index is 600. The van der Waals surface area contributed by atoms with Gasteiger partial charge in [-0.05, 0) is 40.5 Å². The third-order valence-corrected chi connectivity index (χ3v) is 4.32. The van der Waals surface area contributed by atoms with Crippen LogP contribution in [0.3, 0.4) is 0 Å². The Balaban J connectivity index is 1.54. The zero-order valence-corrected chi connectivity index (χ0v) is 15.1. The summed E-state index contributed by atoms with van der Waals surface area (Å²) in [6.45, 7) is 9.59. The molecule has 1 amide bonds. The highest BCUT2D eigenvalue weighted by molar-refractivity contribution is 5.68. The normalized spacial score (nSPS) is 19.2. The number of carbonyl (C=O) groups excluding carboxylic acids is 1. The van der Waals surface area contributed by atoms with Gasteiger partial charge in [-0.2, -0.15) is 0 Å². The lowest BCUT2D eigenvalue weighted by Crippen LogP contribution is -2.44. The zero-order chi connectivity index (χ0) is 17.3. The molecule has 0 unspecified atom stereocenters. The fourth-order valence-electron chi connectivity index (χ4n) is 2.95. The average molecular weight is 332 g/mol. The number of amides is 1. The minimum Gasteiger partial charge on any atom is -0.446 e. The van der Waals surface area contributed by atoms with Gasteiger partial charge in [0.25, 0.3) is 0 Å². The fourth-order valence-corrected chi connectivity index (χ4v) is 2.95. The number of piperidine rings is 1. The molecule has 2 aliphatic rings. The van der Waals surface area contributed by atoms with Gasteiger partial charge < -0.3 is 15.0 Å². The highest BCUT2D eigenvalue weighted by atomic mass is 16.6. The lowest BCUT2D eigenvalue weighted by atomic mass is 10.1. The van der Waals surface area contributed by atoms with Gasteiger partial charge in [-0.15, -0.1) is 0 Å². The molecule has 0 aromatic carbocycles. The molecule has 1 saturated carbocycles. The largest absolute Gasteiger partial charge is 0.446 e. The molecule has 2 fully saturated rings. The molecule has 1 aromatic heterocycles. The van der Waals surface area contributed by atoms with Gasteiger partial charge >= 0.3 is 6.09 Å². The van der Waals surface area contributed by atoms with Crippen molar-refractivity contribution in [2.45, 2.75) is 70.9 Å². The van der Waals surface area contributed by atoms with Gasteiger partial charge in [-0.3, -0.25) is 0 Å². The number of anilines is 1. The van der Waals surface area contributed by atoms with Gasteiger partial charge in [-0.25, -0.2) is 14.8 Å². The van der Waals surface area contributed by atoms with Crippen molar-refractivity contribution in [3.05, 3.63) is 17.6 Å². The van der Waals surface area contributed by atoms with Crippen LogP contribution in [-0.4, -0.2) is 40.8 Å². The average Bonchev–Trinajstić information content (AvgIpc) is 3.30. The molecule has 0 radical (unpaired) electrons.